The minimum absolute atomic E-state index is 0. The van der Waals surface area contributed by atoms with Gasteiger partial charge in [0.25, 0.3) is 0 Å². The van der Waals surface area contributed by atoms with E-state index in [0.29, 0.717) is 79.1 Å². The molecule has 0 bridgehead atoms. The molecule has 2 saturated carbocycles. The van der Waals surface area contributed by atoms with Crippen LogP contribution >= 0.6 is 0 Å². The Hall–Kier alpha value is -3.17. The van der Waals surface area contributed by atoms with E-state index in [1.54, 1.807) is 31.3 Å². The summed E-state index contributed by atoms with van der Waals surface area (Å²) in [6, 6.07) is -1.44. The zero-order valence-electron chi connectivity index (χ0n) is 29.3. The smallest absolute Gasteiger partial charge is 0.229 e. The molecule has 0 spiro atoms. The number of rotatable bonds is 9. The number of aliphatic hydroxyl groups excluding tert-OH is 4. The third-order valence-corrected chi connectivity index (χ3v) is 11.1. The number of carbonyl (C=O) groups is 1. The molecule has 52 heavy (non-hydrogen) atoms. The summed E-state index contributed by atoms with van der Waals surface area (Å²) in [6.45, 7) is 3.95. The standard InChI is InChI=1S/C32H45N14O5.Y/c1-15(47)38-16-4-7-44(11-16)32-40-28(23-30(42-32)46(14-37-23)22-9-19(34-3)25(49)27(22)51)39-17-5-6-43(12-17)31-35-10-20-29(41-31)45(13-36-20)21-8-18(33-2)24(48)26(21)50;/h13-14,16-19,21-22,24-27,33-34,48-51H,4-9,11-12H2,1-3H3,(H,38,47)(H,39,40,42);/q-1;/t16-,17-,18-,19-,21+,22+,24-,25-,26+,27+;/m0./s1. The van der Waals surface area contributed by atoms with Crippen molar-refractivity contribution in [2.75, 3.05) is 55.4 Å². The van der Waals surface area contributed by atoms with E-state index < -0.39 is 36.5 Å². The molecule has 2 aliphatic heterocycles. The number of imidazole rings is 2. The normalized spacial score (nSPS) is 31.9. The van der Waals surface area contributed by atoms with Crippen molar-refractivity contribution in [3.05, 3.63) is 18.9 Å². The number of aromatic nitrogens is 8. The molecule has 2 aliphatic carbocycles. The summed E-state index contributed by atoms with van der Waals surface area (Å²) in [6.07, 6.45) is 4.98. The monoisotopic (exact) mass is 794 g/mol. The Morgan fingerprint density at radius 1 is 0.788 bits per heavy atom. The summed E-state index contributed by atoms with van der Waals surface area (Å²) in [5.74, 6) is 1.44. The maximum atomic E-state index is 11.8. The molecule has 4 aliphatic rings. The average molecular weight is 795 g/mol. The molecule has 20 heteroatoms. The molecule has 0 unspecified atom stereocenters. The molecule has 1 amide bonds. The van der Waals surface area contributed by atoms with Crippen molar-refractivity contribution in [3.8, 4) is 0 Å². The van der Waals surface area contributed by atoms with Crippen LogP contribution in [0.2, 0.25) is 0 Å². The van der Waals surface area contributed by atoms with Crippen LogP contribution in [-0.4, -0.2) is 154 Å². The fourth-order valence-corrected chi connectivity index (χ4v) is 8.28. The summed E-state index contributed by atoms with van der Waals surface area (Å²) >= 11 is 0. The largest absolute Gasteiger partial charge is 0.392 e. The fourth-order valence-electron chi connectivity index (χ4n) is 8.28. The topological polar surface area (TPSA) is 240 Å². The Bertz CT molecular complexity index is 1910. The molecule has 277 valence electrons. The summed E-state index contributed by atoms with van der Waals surface area (Å²) < 4.78 is 3.64. The molecule has 2 saturated heterocycles. The Morgan fingerprint density at radius 3 is 2.00 bits per heavy atom. The van der Waals surface area contributed by atoms with E-state index >= 15 is 0 Å². The van der Waals surface area contributed by atoms with Crippen molar-refractivity contribution in [2.24, 2.45) is 0 Å². The van der Waals surface area contributed by atoms with E-state index in [4.69, 9.17) is 19.9 Å². The Balaban J connectivity index is 0.00000420. The molecular weight excluding hydrogens is 749 g/mol. The van der Waals surface area contributed by atoms with E-state index in [0.717, 1.165) is 12.8 Å². The fraction of sp³-hybridized carbons (Fsp3) is 0.656. The number of likely N-dealkylation sites (N-methyl/N-ethyl adjacent to an activating group) is 2. The number of nitrogens with zero attached hydrogens (tertiary/aromatic N) is 10. The Kier molecular flexibility index (Phi) is 10.7. The van der Waals surface area contributed by atoms with Gasteiger partial charge in [0.2, 0.25) is 11.9 Å². The molecule has 4 fully saturated rings. The van der Waals surface area contributed by atoms with Gasteiger partial charge < -0.3 is 70.6 Å². The van der Waals surface area contributed by atoms with Crippen LogP contribution in [0.3, 0.4) is 0 Å². The van der Waals surface area contributed by atoms with Gasteiger partial charge in [0.05, 0.1) is 36.9 Å². The van der Waals surface area contributed by atoms with Gasteiger partial charge in [-0.2, -0.15) is 9.97 Å². The van der Waals surface area contributed by atoms with Crippen LogP contribution in [0.15, 0.2) is 12.7 Å². The predicted molar refractivity (Wildman–Crippen MR) is 185 cm³/mol. The van der Waals surface area contributed by atoms with Crippen molar-refractivity contribution >= 4 is 45.9 Å². The van der Waals surface area contributed by atoms with Gasteiger partial charge in [0, 0.05) is 101 Å². The quantitative estimate of drug-likeness (QED) is 0.0830. The molecule has 10 atom stereocenters. The first kappa shape index (κ1) is 37.2. The average Bonchev–Trinajstić information content (AvgIpc) is 3.98. The van der Waals surface area contributed by atoms with Crippen LogP contribution in [0.5, 0.6) is 0 Å². The van der Waals surface area contributed by atoms with Crippen molar-refractivity contribution in [1.29, 1.82) is 0 Å². The molecule has 8 N–H and O–H groups in total. The van der Waals surface area contributed by atoms with Crippen LogP contribution in [-0.2, 0) is 37.5 Å². The third-order valence-electron chi connectivity index (χ3n) is 11.1. The third kappa shape index (κ3) is 6.63. The maximum absolute atomic E-state index is 11.8. The van der Waals surface area contributed by atoms with E-state index in [9.17, 15) is 25.2 Å². The van der Waals surface area contributed by atoms with Crippen molar-refractivity contribution in [1.82, 2.24) is 55.0 Å². The van der Waals surface area contributed by atoms with Crippen LogP contribution in [0.25, 0.3) is 22.3 Å². The molecular formula is C32H45N14O5Y-. The molecule has 4 aromatic rings. The number of aliphatic hydroxyl groups is 4. The molecule has 1 radical (unpaired) electrons. The van der Waals surface area contributed by atoms with Crippen LogP contribution in [0.4, 0.5) is 17.7 Å². The Labute approximate surface area is 324 Å². The molecule has 8 rings (SSSR count). The van der Waals surface area contributed by atoms with Crippen molar-refractivity contribution in [3.63, 3.8) is 0 Å². The van der Waals surface area contributed by atoms with Crippen LogP contribution < -0.4 is 31.1 Å². The second kappa shape index (κ2) is 14.9. The zero-order valence-corrected chi connectivity index (χ0v) is 32.2. The number of hydrogen-bond acceptors (Lipinski definition) is 16. The minimum atomic E-state index is -1.01. The van der Waals surface area contributed by atoms with Crippen LogP contribution in [0, 0.1) is 6.20 Å². The molecule has 19 nitrogen and oxygen atoms in total. The summed E-state index contributed by atoms with van der Waals surface area (Å²) in [7, 11) is 3.53. The van der Waals surface area contributed by atoms with Crippen molar-refractivity contribution < 1.29 is 57.9 Å². The van der Waals surface area contributed by atoms with Gasteiger partial charge >= 0.3 is 0 Å². The second-order valence-electron chi connectivity index (χ2n) is 14.2. The number of nitrogens with one attached hydrogen (secondary N) is 4. The van der Waals surface area contributed by atoms with E-state index in [-0.39, 0.29) is 62.8 Å². The molecule has 4 aromatic heterocycles. The minimum Gasteiger partial charge on any atom is -0.392 e. The maximum Gasteiger partial charge on any atom is 0.229 e. The number of anilines is 3. The summed E-state index contributed by atoms with van der Waals surface area (Å²) in [5.41, 5.74) is 2.12. The first-order chi connectivity index (χ1) is 24.6. The predicted octanol–water partition coefficient (Wildman–Crippen LogP) is -2.32. The SMILES string of the molecule is CN[C@H]1C[C@@H](n2cnc3[c-]nc(N4CC[C@H](Nc5nc(N6CC[C@H](NC(C)=O)C6)nc6c5ncn6[C@@H]5C[C@H](NC)[C@H](O)[C@@H]5O)C4)nc32)[C@@H](O)[C@H]1O.[Y]. The number of hydrogen-bond donors (Lipinski definition) is 8. The number of amides is 1. The Morgan fingerprint density at radius 2 is 1.37 bits per heavy atom. The van der Waals surface area contributed by atoms with Gasteiger partial charge in [0.1, 0.15) is 18.2 Å². The number of carbonyl (C=O) groups excluding carboxylic acids is 1. The van der Waals surface area contributed by atoms with Gasteiger partial charge in [-0.25, -0.2) is 4.98 Å². The molecule has 6 heterocycles. The zero-order chi connectivity index (χ0) is 35.6. The van der Waals surface area contributed by atoms with Gasteiger partial charge in [0.15, 0.2) is 17.0 Å². The summed E-state index contributed by atoms with van der Waals surface area (Å²) in [4.78, 5) is 44.2. The van der Waals surface area contributed by atoms with Gasteiger partial charge in [-0.05, 0) is 46.0 Å². The summed E-state index contributed by atoms with van der Waals surface area (Å²) in [5, 5.41) is 55.7. The van der Waals surface area contributed by atoms with E-state index in [1.807, 2.05) is 9.47 Å². The first-order valence-corrected chi connectivity index (χ1v) is 17.6. The van der Waals surface area contributed by atoms with Gasteiger partial charge in [-0.1, -0.05) is 0 Å². The van der Waals surface area contributed by atoms with Crippen molar-refractivity contribution in [2.45, 2.75) is 93.3 Å². The van der Waals surface area contributed by atoms with Gasteiger partial charge in [-0.3, -0.25) is 9.78 Å². The molecule has 0 aromatic carbocycles. The van der Waals surface area contributed by atoms with E-state index in [2.05, 4.69) is 42.3 Å². The van der Waals surface area contributed by atoms with Crippen LogP contribution in [0.1, 0.15) is 44.7 Å². The number of fused-ring (bicyclic) bond motifs is 2. The first-order valence-electron chi connectivity index (χ1n) is 17.6. The van der Waals surface area contributed by atoms with Gasteiger partial charge in [-0.15, -0.1) is 0 Å². The van der Waals surface area contributed by atoms with E-state index in [1.165, 1.54) is 6.92 Å². The second-order valence-corrected chi connectivity index (χ2v) is 14.2.